The molecule has 0 aliphatic heterocycles. The van der Waals surface area contributed by atoms with Gasteiger partial charge in [0, 0.05) is 0 Å². The Morgan fingerprint density at radius 3 is 2.33 bits per heavy atom. The summed E-state index contributed by atoms with van der Waals surface area (Å²) in [6, 6.07) is 6.00. The summed E-state index contributed by atoms with van der Waals surface area (Å²) in [5.74, 6) is 0. The molecule has 0 N–H and O–H groups in total. The van der Waals surface area contributed by atoms with Gasteiger partial charge in [0.2, 0.25) is 0 Å². The second kappa shape index (κ2) is 3.20. The van der Waals surface area contributed by atoms with Gasteiger partial charge in [-0.25, -0.2) is 0 Å². The van der Waals surface area contributed by atoms with E-state index in [2.05, 4.69) is 47.9 Å². The molecule has 0 fully saturated rings. The standard InChI is InChI=1S/C6H3Br2Se/c7-4-1-2-5(8)6(9)3-4/h1-3H. The van der Waals surface area contributed by atoms with E-state index < -0.39 is 0 Å². The molecule has 1 rings (SSSR count). The number of hydrogen-bond acceptors (Lipinski definition) is 0. The van der Waals surface area contributed by atoms with Gasteiger partial charge in [0.05, 0.1) is 0 Å². The van der Waals surface area contributed by atoms with Gasteiger partial charge in [-0.3, -0.25) is 0 Å². The molecule has 0 nitrogen and oxygen atoms in total. The first-order chi connectivity index (χ1) is 4.20. The molecule has 47 valence electrons. The normalized spacial score (nSPS) is 9.56. The summed E-state index contributed by atoms with van der Waals surface area (Å²) >= 11 is 9.67. The monoisotopic (exact) mass is 313 g/mol. The van der Waals surface area contributed by atoms with Gasteiger partial charge in [0.25, 0.3) is 0 Å². The predicted octanol–water partition coefficient (Wildman–Crippen LogP) is 2.01. The number of hydrogen-bond donors (Lipinski definition) is 0. The fourth-order valence-corrected chi connectivity index (χ4v) is 1.84. The first-order valence-corrected chi connectivity index (χ1v) is 4.76. The Kier molecular flexibility index (Phi) is 2.77. The third kappa shape index (κ3) is 2.08. The number of rotatable bonds is 0. The Morgan fingerprint density at radius 1 is 1.22 bits per heavy atom. The van der Waals surface area contributed by atoms with Crippen LogP contribution in [0.5, 0.6) is 0 Å². The van der Waals surface area contributed by atoms with Crippen LogP contribution in [0.1, 0.15) is 0 Å². The van der Waals surface area contributed by atoms with E-state index in [4.69, 9.17) is 0 Å². The fourth-order valence-electron chi connectivity index (χ4n) is 0.477. The summed E-state index contributed by atoms with van der Waals surface area (Å²) in [7, 11) is 0. The molecule has 9 heavy (non-hydrogen) atoms. The summed E-state index contributed by atoms with van der Waals surface area (Å²) in [6.45, 7) is 0. The maximum atomic E-state index is 3.38. The van der Waals surface area contributed by atoms with Crippen LogP contribution in [0.15, 0.2) is 27.1 Å². The van der Waals surface area contributed by atoms with E-state index in [-0.39, 0.29) is 0 Å². The molecule has 0 spiro atoms. The molecule has 1 radical (unpaired) electrons. The maximum absolute atomic E-state index is 3.38. The van der Waals surface area contributed by atoms with Crippen molar-refractivity contribution in [3.63, 3.8) is 0 Å². The quantitative estimate of drug-likeness (QED) is 0.643. The molecule has 1 aromatic carbocycles. The molecule has 0 saturated carbocycles. The van der Waals surface area contributed by atoms with Crippen LogP contribution in [0.25, 0.3) is 0 Å². The first-order valence-electron chi connectivity index (χ1n) is 2.32. The minimum absolute atomic E-state index is 1.10. The summed E-state index contributed by atoms with van der Waals surface area (Å²) < 4.78 is 3.33. The Morgan fingerprint density at radius 2 is 1.89 bits per heavy atom. The van der Waals surface area contributed by atoms with Crippen molar-refractivity contribution in [2.75, 3.05) is 0 Å². The Balaban J connectivity index is 3.17. The van der Waals surface area contributed by atoms with E-state index in [9.17, 15) is 0 Å². The summed E-state index contributed by atoms with van der Waals surface area (Å²) in [5.41, 5.74) is 0. The molecule has 0 unspecified atom stereocenters. The van der Waals surface area contributed by atoms with Gasteiger partial charge in [-0.1, -0.05) is 0 Å². The Bertz CT molecular complexity index is 222. The molecular weight excluding hydrogens is 311 g/mol. The van der Waals surface area contributed by atoms with Gasteiger partial charge in [0.1, 0.15) is 0 Å². The molecule has 0 saturated heterocycles. The molecule has 0 amide bonds. The van der Waals surface area contributed by atoms with E-state index in [0.717, 1.165) is 13.4 Å². The van der Waals surface area contributed by atoms with E-state index in [0.29, 0.717) is 0 Å². The van der Waals surface area contributed by atoms with Crippen LogP contribution in [0.2, 0.25) is 0 Å². The van der Waals surface area contributed by atoms with Gasteiger partial charge in [-0.15, -0.1) is 0 Å². The average molecular weight is 314 g/mol. The summed E-state index contributed by atoms with van der Waals surface area (Å²) in [6.07, 6.45) is 0. The van der Waals surface area contributed by atoms with Gasteiger partial charge in [0.15, 0.2) is 0 Å². The van der Waals surface area contributed by atoms with E-state index >= 15 is 0 Å². The van der Waals surface area contributed by atoms with Crippen molar-refractivity contribution < 1.29 is 0 Å². The summed E-state index contributed by atoms with van der Waals surface area (Å²) in [5, 5.41) is 0. The van der Waals surface area contributed by atoms with Crippen molar-refractivity contribution in [3.05, 3.63) is 27.1 Å². The third-order valence-corrected chi connectivity index (χ3v) is 3.38. The van der Waals surface area contributed by atoms with Crippen molar-refractivity contribution in [1.29, 1.82) is 0 Å². The van der Waals surface area contributed by atoms with Crippen LogP contribution in [0.4, 0.5) is 0 Å². The zero-order valence-corrected chi connectivity index (χ0v) is 9.28. The topological polar surface area (TPSA) is 0 Å². The fraction of sp³-hybridized carbons (Fsp3) is 0. The van der Waals surface area contributed by atoms with Crippen LogP contribution in [-0.2, 0) is 0 Å². The second-order valence-corrected chi connectivity index (χ2v) is 4.27. The Labute approximate surface area is 79.1 Å². The van der Waals surface area contributed by atoms with Crippen LogP contribution in [0.3, 0.4) is 0 Å². The number of halogens is 2. The number of benzene rings is 1. The molecule has 0 heterocycles. The van der Waals surface area contributed by atoms with E-state index in [1.165, 1.54) is 0 Å². The third-order valence-electron chi connectivity index (χ3n) is 0.893. The SMILES string of the molecule is [Se]c1cc(Br)ccc1Br. The molecule has 0 bridgehead atoms. The molecular formula is C6H3Br2Se. The first kappa shape index (κ1) is 7.80. The molecule has 0 aliphatic rings. The second-order valence-electron chi connectivity index (χ2n) is 1.57. The van der Waals surface area contributed by atoms with Gasteiger partial charge in [-0.05, 0) is 0 Å². The summed E-state index contributed by atoms with van der Waals surface area (Å²) in [4.78, 5) is 0. The molecule has 0 aromatic heterocycles. The van der Waals surface area contributed by atoms with Crippen molar-refractivity contribution in [2.45, 2.75) is 0 Å². The molecule has 0 atom stereocenters. The molecule has 3 heteroatoms. The minimum atomic E-state index is 1.10. The van der Waals surface area contributed by atoms with Crippen molar-refractivity contribution in [1.82, 2.24) is 0 Å². The molecule has 0 aliphatic carbocycles. The van der Waals surface area contributed by atoms with Gasteiger partial charge >= 0.3 is 79.5 Å². The van der Waals surface area contributed by atoms with Crippen molar-refractivity contribution in [2.24, 2.45) is 0 Å². The van der Waals surface area contributed by atoms with Gasteiger partial charge < -0.3 is 0 Å². The van der Waals surface area contributed by atoms with Crippen LogP contribution < -0.4 is 4.46 Å². The zero-order chi connectivity index (χ0) is 6.85. The van der Waals surface area contributed by atoms with Crippen LogP contribution in [-0.4, -0.2) is 16.0 Å². The van der Waals surface area contributed by atoms with Crippen molar-refractivity contribution in [3.8, 4) is 0 Å². The zero-order valence-electron chi connectivity index (χ0n) is 4.40. The van der Waals surface area contributed by atoms with Crippen molar-refractivity contribution >= 4 is 52.3 Å². The molecule has 1 aromatic rings. The van der Waals surface area contributed by atoms with Crippen LogP contribution >= 0.6 is 31.9 Å². The van der Waals surface area contributed by atoms with Gasteiger partial charge in [-0.2, -0.15) is 0 Å². The van der Waals surface area contributed by atoms with E-state index in [1.54, 1.807) is 0 Å². The average Bonchev–Trinajstić information content (AvgIpc) is 1.80. The Hall–Kier alpha value is 0.699. The van der Waals surface area contributed by atoms with Crippen LogP contribution in [0, 0.1) is 0 Å². The van der Waals surface area contributed by atoms with E-state index in [1.807, 2.05) is 18.2 Å². The predicted molar refractivity (Wildman–Crippen MR) is 47.2 cm³/mol.